The van der Waals surface area contributed by atoms with Crippen LogP contribution in [0.2, 0.25) is 0 Å². The van der Waals surface area contributed by atoms with Gasteiger partial charge in [0.15, 0.2) is 5.82 Å². The van der Waals surface area contributed by atoms with Gasteiger partial charge < -0.3 is 9.63 Å². The van der Waals surface area contributed by atoms with Crippen molar-refractivity contribution < 1.29 is 14.4 Å². The molecule has 1 aromatic rings. The third-order valence-corrected chi connectivity index (χ3v) is 2.03. The Hall–Kier alpha value is -1.43. The van der Waals surface area contributed by atoms with Crippen molar-refractivity contribution >= 4 is 5.97 Å². The van der Waals surface area contributed by atoms with E-state index in [1.54, 1.807) is 6.92 Å². The van der Waals surface area contributed by atoms with Gasteiger partial charge in [0.25, 0.3) is 0 Å². The first-order chi connectivity index (χ1) is 7.49. The average Bonchev–Trinajstić information content (AvgIpc) is 2.60. The van der Waals surface area contributed by atoms with Crippen molar-refractivity contribution in [2.24, 2.45) is 5.92 Å². The molecule has 6 heteroatoms. The summed E-state index contributed by atoms with van der Waals surface area (Å²) in [6, 6.07) is -0.625. The van der Waals surface area contributed by atoms with Crippen molar-refractivity contribution in [3.63, 3.8) is 0 Å². The largest absolute Gasteiger partial charge is 0.480 e. The number of hydrogen-bond donors (Lipinski definition) is 2. The molecule has 0 aliphatic rings. The fourth-order valence-corrected chi connectivity index (χ4v) is 1.14. The van der Waals surface area contributed by atoms with Crippen LogP contribution in [-0.2, 0) is 17.8 Å². The highest BCUT2D eigenvalue weighted by Gasteiger charge is 2.12. The zero-order valence-corrected chi connectivity index (χ0v) is 9.73. The summed E-state index contributed by atoms with van der Waals surface area (Å²) in [5, 5.41) is 15.2. The van der Waals surface area contributed by atoms with Crippen LogP contribution in [0.1, 0.15) is 32.5 Å². The summed E-state index contributed by atoms with van der Waals surface area (Å²) in [6.07, 6.45) is 0.762. The van der Waals surface area contributed by atoms with Crippen LogP contribution in [0.3, 0.4) is 0 Å². The van der Waals surface area contributed by atoms with Crippen LogP contribution in [0.5, 0.6) is 0 Å². The molecule has 0 saturated heterocycles. The topological polar surface area (TPSA) is 88.2 Å². The molecular weight excluding hydrogens is 210 g/mol. The normalized spacial score (nSPS) is 13.0. The van der Waals surface area contributed by atoms with E-state index >= 15 is 0 Å². The van der Waals surface area contributed by atoms with Crippen LogP contribution in [-0.4, -0.2) is 27.3 Å². The third kappa shape index (κ3) is 3.98. The van der Waals surface area contributed by atoms with E-state index in [1.165, 1.54) is 0 Å². The van der Waals surface area contributed by atoms with Gasteiger partial charge in [0.2, 0.25) is 5.89 Å². The van der Waals surface area contributed by atoms with E-state index in [9.17, 15) is 4.79 Å². The van der Waals surface area contributed by atoms with Crippen molar-refractivity contribution in [2.45, 2.75) is 39.8 Å². The second-order valence-corrected chi connectivity index (χ2v) is 4.14. The standard InChI is InChI=1S/C10H17N3O3/c1-6(2)4-8-12-9(16-13-8)5-11-7(3)10(14)15/h6-7,11H,4-5H2,1-3H3,(H,14,15). The van der Waals surface area contributed by atoms with Gasteiger partial charge in [-0.1, -0.05) is 19.0 Å². The van der Waals surface area contributed by atoms with Gasteiger partial charge in [0.1, 0.15) is 6.04 Å². The molecule has 1 atom stereocenters. The fourth-order valence-electron chi connectivity index (χ4n) is 1.14. The second kappa shape index (κ2) is 5.60. The number of hydrogen-bond acceptors (Lipinski definition) is 5. The van der Waals surface area contributed by atoms with Crippen LogP contribution in [0, 0.1) is 5.92 Å². The van der Waals surface area contributed by atoms with Gasteiger partial charge in [-0.05, 0) is 12.8 Å². The Balaban J connectivity index is 2.43. The minimum absolute atomic E-state index is 0.276. The number of aromatic nitrogens is 2. The molecule has 0 aliphatic carbocycles. The maximum atomic E-state index is 10.5. The molecule has 1 aromatic heterocycles. The van der Waals surface area contributed by atoms with E-state index in [0.717, 1.165) is 6.42 Å². The molecule has 0 bridgehead atoms. The minimum Gasteiger partial charge on any atom is -0.480 e. The van der Waals surface area contributed by atoms with Crippen molar-refractivity contribution in [1.82, 2.24) is 15.5 Å². The fraction of sp³-hybridized carbons (Fsp3) is 0.700. The van der Waals surface area contributed by atoms with Crippen molar-refractivity contribution in [3.05, 3.63) is 11.7 Å². The van der Waals surface area contributed by atoms with E-state index in [0.29, 0.717) is 17.6 Å². The summed E-state index contributed by atoms with van der Waals surface area (Å²) < 4.78 is 4.98. The molecule has 0 amide bonds. The lowest BCUT2D eigenvalue weighted by atomic mass is 10.1. The zero-order valence-electron chi connectivity index (χ0n) is 9.73. The van der Waals surface area contributed by atoms with Gasteiger partial charge in [-0.2, -0.15) is 4.98 Å². The molecule has 1 unspecified atom stereocenters. The molecule has 0 aromatic carbocycles. The Morgan fingerprint density at radius 1 is 1.50 bits per heavy atom. The molecule has 0 saturated carbocycles. The first-order valence-electron chi connectivity index (χ1n) is 5.26. The van der Waals surface area contributed by atoms with Gasteiger partial charge in [-0.25, -0.2) is 0 Å². The molecule has 1 rings (SSSR count). The summed E-state index contributed by atoms with van der Waals surface area (Å²) in [6.45, 7) is 5.98. The molecule has 0 fully saturated rings. The maximum absolute atomic E-state index is 10.5. The summed E-state index contributed by atoms with van der Waals surface area (Å²) >= 11 is 0. The Labute approximate surface area is 94.0 Å². The van der Waals surface area contributed by atoms with E-state index in [-0.39, 0.29) is 6.54 Å². The smallest absolute Gasteiger partial charge is 0.320 e. The molecular formula is C10H17N3O3. The lowest BCUT2D eigenvalue weighted by molar-refractivity contribution is -0.139. The second-order valence-electron chi connectivity index (χ2n) is 4.14. The van der Waals surface area contributed by atoms with E-state index < -0.39 is 12.0 Å². The predicted octanol–water partition coefficient (Wildman–Crippen LogP) is 0.831. The van der Waals surface area contributed by atoms with Gasteiger partial charge in [0, 0.05) is 6.42 Å². The number of nitrogens with one attached hydrogen (secondary N) is 1. The van der Waals surface area contributed by atoms with Crippen LogP contribution < -0.4 is 5.32 Å². The zero-order chi connectivity index (χ0) is 12.1. The Morgan fingerprint density at radius 3 is 2.75 bits per heavy atom. The van der Waals surface area contributed by atoms with Crippen molar-refractivity contribution in [1.29, 1.82) is 0 Å². The quantitative estimate of drug-likeness (QED) is 0.748. The van der Waals surface area contributed by atoms with E-state index in [1.807, 2.05) is 0 Å². The molecule has 0 radical (unpaired) electrons. The third-order valence-electron chi connectivity index (χ3n) is 2.03. The van der Waals surface area contributed by atoms with Crippen molar-refractivity contribution in [3.8, 4) is 0 Å². The van der Waals surface area contributed by atoms with Gasteiger partial charge >= 0.3 is 5.97 Å². The van der Waals surface area contributed by atoms with Crippen LogP contribution in [0.4, 0.5) is 0 Å². The number of aliphatic carboxylic acids is 1. The molecule has 0 aliphatic heterocycles. The highest BCUT2D eigenvalue weighted by Crippen LogP contribution is 2.04. The van der Waals surface area contributed by atoms with E-state index in [4.69, 9.17) is 9.63 Å². The van der Waals surface area contributed by atoms with Crippen LogP contribution in [0.15, 0.2) is 4.52 Å². The van der Waals surface area contributed by atoms with Crippen LogP contribution in [0.25, 0.3) is 0 Å². The Morgan fingerprint density at radius 2 is 2.19 bits per heavy atom. The molecule has 1 heterocycles. The number of carboxylic acids is 1. The van der Waals surface area contributed by atoms with Gasteiger partial charge in [-0.3, -0.25) is 10.1 Å². The predicted molar refractivity (Wildman–Crippen MR) is 56.8 cm³/mol. The number of rotatable bonds is 6. The van der Waals surface area contributed by atoms with Crippen LogP contribution >= 0.6 is 0 Å². The molecule has 90 valence electrons. The van der Waals surface area contributed by atoms with E-state index in [2.05, 4.69) is 29.3 Å². The average molecular weight is 227 g/mol. The SMILES string of the molecule is CC(C)Cc1noc(CNC(C)C(=O)O)n1. The lowest BCUT2D eigenvalue weighted by Gasteiger charge is -2.05. The van der Waals surface area contributed by atoms with Crippen molar-refractivity contribution in [2.75, 3.05) is 0 Å². The lowest BCUT2D eigenvalue weighted by Crippen LogP contribution is -2.33. The molecule has 2 N–H and O–H groups in total. The molecule has 0 spiro atoms. The number of carboxylic acid groups (broad SMARTS) is 1. The first-order valence-corrected chi connectivity index (χ1v) is 5.26. The van der Waals surface area contributed by atoms with Gasteiger partial charge in [0.05, 0.1) is 6.54 Å². The highest BCUT2D eigenvalue weighted by molar-refractivity contribution is 5.72. The minimum atomic E-state index is -0.901. The molecule has 16 heavy (non-hydrogen) atoms. The number of nitrogens with zero attached hydrogens (tertiary/aromatic N) is 2. The summed E-state index contributed by atoms with van der Waals surface area (Å²) in [5.74, 6) is 0.650. The maximum Gasteiger partial charge on any atom is 0.320 e. The molecule has 6 nitrogen and oxygen atoms in total. The Kier molecular flexibility index (Phi) is 4.42. The first kappa shape index (κ1) is 12.6. The number of carbonyl (C=O) groups is 1. The van der Waals surface area contributed by atoms with Gasteiger partial charge in [-0.15, -0.1) is 0 Å². The monoisotopic (exact) mass is 227 g/mol. The summed E-state index contributed by atoms with van der Waals surface area (Å²) in [7, 11) is 0. The summed E-state index contributed by atoms with van der Waals surface area (Å²) in [4.78, 5) is 14.7. The Bertz CT molecular complexity index is 349. The highest BCUT2D eigenvalue weighted by atomic mass is 16.5. The summed E-state index contributed by atoms with van der Waals surface area (Å²) in [5.41, 5.74) is 0.